The second-order valence-corrected chi connectivity index (χ2v) is 9.43. The number of ether oxygens (including phenoxy) is 2. The number of methoxy groups -OCH3 is 2. The van der Waals surface area contributed by atoms with Crippen LogP contribution in [-0.4, -0.2) is 45.8 Å². The van der Waals surface area contributed by atoms with E-state index in [1.165, 1.54) is 0 Å². The molecule has 0 saturated carbocycles. The molecule has 0 bridgehead atoms. The lowest BCUT2D eigenvalue weighted by molar-refractivity contribution is -0.121. The number of benzene rings is 3. The number of rotatable bonds is 10. The molecule has 9 nitrogen and oxygen atoms in total. The van der Waals surface area contributed by atoms with Crippen molar-refractivity contribution in [3.8, 4) is 11.5 Å². The SMILES string of the molecule is COc1ccc(CCNC(=O)CCc2nnc3n(Cc4ccc(C)cc4)c(=O)c4ccccc4n23)cc1OC. The van der Waals surface area contributed by atoms with Gasteiger partial charge >= 0.3 is 0 Å². The highest BCUT2D eigenvalue weighted by molar-refractivity contribution is 5.80. The minimum Gasteiger partial charge on any atom is -0.493 e. The van der Waals surface area contributed by atoms with E-state index in [0.29, 0.717) is 54.4 Å². The van der Waals surface area contributed by atoms with Gasteiger partial charge in [-0.05, 0) is 48.7 Å². The molecule has 2 heterocycles. The van der Waals surface area contributed by atoms with E-state index in [1.54, 1.807) is 18.8 Å². The largest absolute Gasteiger partial charge is 0.493 e. The lowest BCUT2D eigenvalue weighted by atomic mass is 10.1. The van der Waals surface area contributed by atoms with Crippen molar-refractivity contribution in [1.82, 2.24) is 24.5 Å². The number of para-hydroxylation sites is 1. The molecule has 0 aliphatic heterocycles. The van der Waals surface area contributed by atoms with Crippen LogP contribution in [0.4, 0.5) is 0 Å². The fraction of sp³-hybridized carbons (Fsp3) is 0.267. The summed E-state index contributed by atoms with van der Waals surface area (Å²) in [5.41, 5.74) is 3.80. The van der Waals surface area contributed by atoms with Gasteiger partial charge in [0.2, 0.25) is 11.7 Å². The highest BCUT2D eigenvalue weighted by atomic mass is 16.5. The number of aromatic nitrogens is 4. The molecule has 0 fully saturated rings. The van der Waals surface area contributed by atoms with Gasteiger partial charge in [0.25, 0.3) is 5.56 Å². The standard InChI is InChI=1S/C30H31N5O4/c1-20-8-10-22(11-9-20)19-34-29(37)23-6-4-5-7-24(23)35-27(32-33-30(34)35)14-15-28(36)31-17-16-21-12-13-25(38-2)26(18-21)39-3/h4-13,18H,14-17,19H2,1-3H3,(H,31,36). The molecular weight excluding hydrogens is 494 g/mol. The summed E-state index contributed by atoms with van der Waals surface area (Å²) in [6.07, 6.45) is 1.30. The second-order valence-electron chi connectivity index (χ2n) is 9.43. The van der Waals surface area contributed by atoms with Crippen LogP contribution in [0.1, 0.15) is 28.9 Å². The average Bonchev–Trinajstić information content (AvgIpc) is 3.39. The van der Waals surface area contributed by atoms with Gasteiger partial charge < -0.3 is 14.8 Å². The molecule has 200 valence electrons. The smallest absolute Gasteiger partial charge is 0.263 e. The Labute approximate surface area is 226 Å². The molecule has 0 saturated heterocycles. The number of nitrogens with one attached hydrogen (secondary N) is 1. The summed E-state index contributed by atoms with van der Waals surface area (Å²) < 4.78 is 14.2. The van der Waals surface area contributed by atoms with E-state index < -0.39 is 0 Å². The molecule has 39 heavy (non-hydrogen) atoms. The molecule has 5 rings (SSSR count). The Balaban J connectivity index is 1.32. The number of amides is 1. The topological polar surface area (TPSA) is 99.7 Å². The maximum atomic E-state index is 13.4. The number of hydrogen-bond acceptors (Lipinski definition) is 6. The van der Waals surface area contributed by atoms with E-state index in [-0.39, 0.29) is 17.9 Å². The summed E-state index contributed by atoms with van der Waals surface area (Å²) in [5.74, 6) is 2.34. The van der Waals surface area contributed by atoms with Gasteiger partial charge in [0.15, 0.2) is 11.5 Å². The maximum absolute atomic E-state index is 13.4. The van der Waals surface area contributed by atoms with Gasteiger partial charge in [-0.15, -0.1) is 10.2 Å². The molecule has 0 aliphatic rings. The third kappa shape index (κ3) is 5.47. The third-order valence-corrected chi connectivity index (χ3v) is 6.80. The van der Waals surface area contributed by atoms with E-state index in [2.05, 4.69) is 15.5 Å². The van der Waals surface area contributed by atoms with Gasteiger partial charge in [0, 0.05) is 19.4 Å². The van der Waals surface area contributed by atoms with E-state index in [0.717, 1.165) is 22.2 Å². The summed E-state index contributed by atoms with van der Waals surface area (Å²) in [6, 6.07) is 21.2. The van der Waals surface area contributed by atoms with Crippen LogP contribution in [0.5, 0.6) is 11.5 Å². The summed E-state index contributed by atoms with van der Waals surface area (Å²) in [5, 5.41) is 12.3. The first-order valence-corrected chi connectivity index (χ1v) is 12.9. The van der Waals surface area contributed by atoms with Crippen LogP contribution in [0.15, 0.2) is 71.5 Å². The Bertz CT molecular complexity index is 1690. The zero-order valence-electron chi connectivity index (χ0n) is 22.3. The van der Waals surface area contributed by atoms with Crippen LogP contribution < -0.4 is 20.3 Å². The van der Waals surface area contributed by atoms with Crippen molar-refractivity contribution in [2.75, 3.05) is 20.8 Å². The summed E-state index contributed by atoms with van der Waals surface area (Å²) in [7, 11) is 3.20. The van der Waals surface area contributed by atoms with Crippen LogP contribution in [0, 0.1) is 6.92 Å². The first-order valence-electron chi connectivity index (χ1n) is 12.9. The lowest BCUT2D eigenvalue weighted by Gasteiger charge is -2.12. The van der Waals surface area contributed by atoms with Crippen LogP contribution in [-0.2, 0) is 24.2 Å². The molecule has 0 atom stereocenters. The van der Waals surface area contributed by atoms with Crippen molar-refractivity contribution in [1.29, 1.82) is 0 Å². The van der Waals surface area contributed by atoms with E-state index >= 15 is 0 Å². The molecule has 0 spiro atoms. The fourth-order valence-corrected chi connectivity index (χ4v) is 4.69. The van der Waals surface area contributed by atoms with Crippen molar-refractivity contribution in [3.05, 3.63) is 99.6 Å². The quantitative estimate of drug-likeness (QED) is 0.298. The normalized spacial score (nSPS) is 11.2. The molecule has 9 heteroatoms. The summed E-state index contributed by atoms with van der Waals surface area (Å²) >= 11 is 0. The zero-order chi connectivity index (χ0) is 27.4. The molecule has 1 amide bonds. The van der Waals surface area contributed by atoms with Crippen molar-refractivity contribution in [2.45, 2.75) is 32.7 Å². The first-order chi connectivity index (χ1) is 19.0. The number of hydrogen-bond donors (Lipinski definition) is 1. The fourth-order valence-electron chi connectivity index (χ4n) is 4.69. The van der Waals surface area contributed by atoms with Crippen LogP contribution in [0.3, 0.4) is 0 Å². The van der Waals surface area contributed by atoms with Gasteiger partial charge in [-0.1, -0.05) is 48.0 Å². The van der Waals surface area contributed by atoms with Gasteiger partial charge in [-0.2, -0.15) is 0 Å². The Kier molecular flexibility index (Phi) is 7.58. The van der Waals surface area contributed by atoms with Crippen LogP contribution >= 0.6 is 0 Å². The monoisotopic (exact) mass is 525 g/mol. The minimum atomic E-state index is -0.120. The number of carbonyl (C=O) groups excluding carboxylic acids is 1. The number of fused-ring (bicyclic) bond motifs is 3. The Morgan fingerprint density at radius 3 is 2.41 bits per heavy atom. The molecule has 0 radical (unpaired) electrons. The van der Waals surface area contributed by atoms with Gasteiger partial charge in [0.05, 0.1) is 31.7 Å². The predicted octanol–water partition coefficient (Wildman–Crippen LogP) is 3.71. The second kappa shape index (κ2) is 11.4. The van der Waals surface area contributed by atoms with Crippen LogP contribution in [0.25, 0.3) is 16.7 Å². The highest BCUT2D eigenvalue weighted by Crippen LogP contribution is 2.27. The Morgan fingerprint density at radius 2 is 1.64 bits per heavy atom. The van der Waals surface area contributed by atoms with Gasteiger partial charge in [0.1, 0.15) is 5.82 Å². The average molecular weight is 526 g/mol. The maximum Gasteiger partial charge on any atom is 0.263 e. The van der Waals surface area contributed by atoms with Crippen molar-refractivity contribution >= 4 is 22.6 Å². The molecule has 1 N–H and O–H groups in total. The van der Waals surface area contributed by atoms with Gasteiger partial charge in [-0.25, -0.2) is 0 Å². The lowest BCUT2D eigenvalue weighted by Crippen LogP contribution is -2.26. The molecule has 2 aromatic heterocycles. The van der Waals surface area contributed by atoms with Crippen molar-refractivity contribution < 1.29 is 14.3 Å². The number of carbonyl (C=O) groups is 1. The van der Waals surface area contributed by atoms with Gasteiger partial charge in [-0.3, -0.25) is 18.6 Å². The minimum absolute atomic E-state index is 0.0792. The zero-order valence-corrected chi connectivity index (χ0v) is 22.3. The number of aryl methyl sites for hydroxylation is 2. The van der Waals surface area contributed by atoms with E-state index in [9.17, 15) is 9.59 Å². The molecule has 5 aromatic rings. The predicted molar refractivity (Wildman–Crippen MR) is 150 cm³/mol. The van der Waals surface area contributed by atoms with Crippen molar-refractivity contribution in [3.63, 3.8) is 0 Å². The third-order valence-electron chi connectivity index (χ3n) is 6.80. The van der Waals surface area contributed by atoms with Crippen molar-refractivity contribution in [2.24, 2.45) is 0 Å². The Morgan fingerprint density at radius 1 is 0.897 bits per heavy atom. The Hall–Kier alpha value is -4.66. The molecule has 3 aromatic carbocycles. The first kappa shape index (κ1) is 26.0. The highest BCUT2D eigenvalue weighted by Gasteiger charge is 2.17. The number of nitrogens with zero attached hydrogens (tertiary/aromatic N) is 4. The molecular formula is C30H31N5O4. The summed E-state index contributed by atoms with van der Waals surface area (Å²) in [6.45, 7) is 2.90. The van der Waals surface area contributed by atoms with Crippen LogP contribution in [0.2, 0.25) is 0 Å². The molecule has 0 aliphatic carbocycles. The summed E-state index contributed by atoms with van der Waals surface area (Å²) in [4.78, 5) is 26.1. The molecule has 0 unspecified atom stereocenters. The van der Waals surface area contributed by atoms with E-state index in [4.69, 9.17) is 9.47 Å². The van der Waals surface area contributed by atoms with E-state index in [1.807, 2.05) is 78.1 Å².